The van der Waals surface area contributed by atoms with Crippen LogP contribution in [0.5, 0.6) is 11.5 Å². The molecule has 2 aliphatic rings. The van der Waals surface area contributed by atoms with Gasteiger partial charge in [0.1, 0.15) is 74.6 Å². The molecular weight excluding hydrogens is 1170 g/mol. The van der Waals surface area contributed by atoms with Gasteiger partial charge in [-0.25, -0.2) is 10.7 Å². The summed E-state index contributed by atoms with van der Waals surface area (Å²) >= 11 is 0. The number of hydrogen-bond donors (Lipinski definition) is 12. The average molecular weight is 1260 g/mol. The molecule has 0 radical (unpaired) electrons. The Labute approximate surface area is 505 Å². The SMILES string of the molecule is CC(=O)OCc1ccc(O[C@@H]2OC[C@@H](O)[C@H](O)[C@H]2O)c(C(=O)CCCOCCOCC(=O)N[C@@H](CCCCNC(=O)COCCOCCNC(=O)c2cc(COC(C)=O)ccc2O[C@@H]2O[C@H](C(=O)O)[C@@H](O)[C@H](O)[C@H]2O)C(=O)C[C@@H](C)C(=O)NCCON)c1. The summed E-state index contributed by atoms with van der Waals surface area (Å²) in [6, 6.07) is 7.45. The van der Waals surface area contributed by atoms with E-state index < -0.39 is 127 Å². The van der Waals surface area contributed by atoms with E-state index in [1.807, 2.05) is 0 Å². The second kappa shape index (κ2) is 39.2. The number of carboxylic acid groups (broad SMARTS) is 1. The Hall–Kier alpha value is -6.89. The van der Waals surface area contributed by atoms with Crippen molar-refractivity contribution in [1.29, 1.82) is 0 Å². The maximum Gasteiger partial charge on any atom is 0.335 e. The summed E-state index contributed by atoms with van der Waals surface area (Å²) in [6.07, 6.45) is -14.6. The molecule has 492 valence electrons. The lowest BCUT2D eigenvalue weighted by Crippen LogP contribution is -2.61. The molecule has 13 N–H and O–H groups in total. The van der Waals surface area contributed by atoms with Crippen LogP contribution < -0.4 is 36.6 Å². The maximum absolute atomic E-state index is 13.5. The van der Waals surface area contributed by atoms with E-state index in [-0.39, 0.29) is 141 Å². The number of Topliss-reactive ketones (excluding diaryl/α,β-unsaturated/α-hetero) is 2. The van der Waals surface area contributed by atoms with Gasteiger partial charge in [-0.1, -0.05) is 19.1 Å². The number of rotatable bonds is 41. The van der Waals surface area contributed by atoms with E-state index in [1.165, 1.54) is 44.2 Å². The molecule has 2 heterocycles. The Morgan fingerprint density at radius 1 is 0.625 bits per heavy atom. The maximum atomic E-state index is 13.5. The number of carbonyl (C=O) groups excluding carboxylic acids is 8. The van der Waals surface area contributed by atoms with Gasteiger partial charge in [0.2, 0.25) is 30.3 Å². The van der Waals surface area contributed by atoms with Gasteiger partial charge in [0, 0.05) is 58.8 Å². The molecule has 0 unspecified atom stereocenters. The van der Waals surface area contributed by atoms with Crippen molar-refractivity contribution in [2.75, 3.05) is 85.7 Å². The fourth-order valence-electron chi connectivity index (χ4n) is 8.40. The lowest BCUT2D eigenvalue weighted by Gasteiger charge is -2.38. The molecule has 4 amide bonds. The molecule has 0 aromatic heterocycles. The quantitative estimate of drug-likeness (QED) is 0.0135. The van der Waals surface area contributed by atoms with Crippen LogP contribution in [0.3, 0.4) is 0 Å². The largest absolute Gasteiger partial charge is 0.479 e. The van der Waals surface area contributed by atoms with E-state index in [9.17, 15) is 78.9 Å². The van der Waals surface area contributed by atoms with Gasteiger partial charge >= 0.3 is 17.9 Å². The third-order valence-corrected chi connectivity index (χ3v) is 13.1. The molecule has 2 aromatic rings. The first-order valence-corrected chi connectivity index (χ1v) is 28.3. The van der Waals surface area contributed by atoms with E-state index in [2.05, 4.69) is 26.1 Å². The molecule has 11 atom stereocenters. The predicted octanol–water partition coefficient (Wildman–Crippen LogP) is -3.27. The molecule has 2 saturated heterocycles. The van der Waals surface area contributed by atoms with Crippen molar-refractivity contribution in [1.82, 2.24) is 21.3 Å². The zero-order valence-electron chi connectivity index (χ0n) is 49.0. The second-order valence-electron chi connectivity index (χ2n) is 20.3. The van der Waals surface area contributed by atoms with Gasteiger partial charge < -0.3 is 109 Å². The van der Waals surface area contributed by atoms with Gasteiger partial charge in [0.15, 0.2) is 17.7 Å². The van der Waals surface area contributed by atoms with Gasteiger partial charge in [-0.2, -0.15) is 0 Å². The van der Waals surface area contributed by atoms with Crippen molar-refractivity contribution in [2.24, 2.45) is 11.8 Å². The van der Waals surface area contributed by atoms with E-state index >= 15 is 0 Å². The van der Waals surface area contributed by atoms with E-state index in [0.29, 0.717) is 24.0 Å². The number of carbonyl (C=O) groups is 9. The van der Waals surface area contributed by atoms with Crippen molar-refractivity contribution in [3.8, 4) is 11.5 Å². The fraction of sp³-hybridized carbons (Fsp3) is 0.625. The molecule has 2 aromatic carbocycles. The molecule has 0 spiro atoms. The van der Waals surface area contributed by atoms with Crippen molar-refractivity contribution in [3.05, 3.63) is 58.7 Å². The highest BCUT2D eigenvalue weighted by atomic mass is 16.7. The van der Waals surface area contributed by atoms with Crippen LogP contribution in [0.2, 0.25) is 0 Å². The van der Waals surface area contributed by atoms with Crippen LogP contribution in [0.4, 0.5) is 0 Å². The number of aliphatic hydroxyl groups is 6. The summed E-state index contributed by atoms with van der Waals surface area (Å²) in [7, 11) is 0. The van der Waals surface area contributed by atoms with E-state index in [4.69, 9.17) is 53.3 Å². The van der Waals surface area contributed by atoms with Gasteiger partial charge in [-0.05, 0) is 61.1 Å². The number of unbranched alkanes of at least 4 members (excludes halogenated alkanes) is 1. The number of carboxylic acids is 1. The van der Waals surface area contributed by atoms with Gasteiger partial charge in [-0.3, -0.25) is 38.4 Å². The molecule has 32 nitrogen and oxygen atoms in total. The molecule has 2 fully saturated rings. The van der Waals surface area contributed by atoms with Gasteiger partial charge in [0.25, 0.3) is 5.91 Å². The first kappa shape index (κ1) is 73.6. The normalized spacial score (nSPS) is 21.4. The van der Waals surface area contributed by atoms with Crippen LogP contribution >= 0.6 is 0 Å². The molecule has 0 aliphatic carbocycles. The Morgan fingerprint density at radius 2 is 1.20 bits per heavy atom. The number of amides is 4. The van der Waals surface area contributed by atoms with E-state index in [0.717, 1.165) is 0 Å². The molecule has 0 bridgehead atoms. The van der Waals surface area contributed by atoms with Crippen molar-refractivity contribution < 1.29 is 131 Å². The zero-order chi connectivity index (χ0) is 64.7. The number of nitrogens with one attached hydrogen (secondary N) is 4. The standard InChI is InChI=1S/C56H81N5O27/c1-31(52(74)59-15-18-85-57)23-40(65)38(61-45(68)30-81-21-19-78-16-6-8-39(64)36-24-34(26-82-32(2)62)9-11-42(36)86-55-49(72)46(69)41(66)28-84-55)7-4-5-13-58-44(67)29-80-22-20-79-17-14-60-53(75)37-25-35(27-83-33(3)63)10-12-43(37)87-56-50(73)47(70)48(71)51(88-56)54(76)77/h9-12,24-25,31,38,41,46-51,55-56,66,69-73H,4-8,13-23,26-30,57H2,1-3H3,(H,58,67)(H,59,74)(H,60,75)(H,61,68)(H,76,77)/t31-,38+,41-,46+,47+,48+,49-,50-,51+,55+,56-/m1/s1. The van der Waals surface area contributed by atoms with Crippen LogP contribution in [-0.4, -0.2) is 236 Å². The van der Waals surface area contributed by atoms with Crippen LogP contribution in [0.1, 0.15) is 91.1 Å². The molecule has 88 heavy (non-hydrogen) atoms. The lowest BCUT2D eigenvalue weighted by molar-refractivity contribution is -0.271. The number of aliphatic carboxylic acids is 1. The van der Waals surface area contributed by atoms with Crippen LogP contribution in [0.25, 0.3) is 0 Å². The number of ketones is 2. The highest BCUT2D eigenvalue weighted by Gasteiger charge is 2.48. The summed E-state index contributed by atoms with van der Waals surface area (Å²) in [4.78, 5) is 117. The first-order valence-electron chi connectivity index (χ1n) is 28.3. The number of aliphatic hydroxyl groups excluding tert-OH is 6. The Bertz CT molecular complexity index is 2590. The van der Waals surface area contributed by atoms with Gasteiger partial charge in [-0.15, -0.1) is 0 Å². The second-order valence-corrected chi connectivity index (χ2v) is 20.3. The van der Waals surface area contributed by atoms with E-state index in [1.54, 1.807) is 13.0 Å². The van der Waals surface area contributed by atoms with Crippen molar-refractivity contribution in [2.45, 2.75) is 134 Å². The third kappa shape index (κ3) is 25.7. The highest BCUT2D eigenvalue weighted by molar-refractivity contribution is 5.99. The Balaban J connectivity index is 1.15. The first-order chi connectivity index (χ1) is 42.0. The number of benzene rings is 2. The predicted molar refractivity (Wildman–Crippen MR) is 297 cm³/mol. The topological polar surface area (TPSA) is 471 Å². The van der Waals surface area contributed by atoms with Gasteiger partial charge in [0.05, 0.1) is 63.4 Å². The Kier molecular flexibility index (Phi) is 32.8. The number of esters is 2. The molecular formula is C56H81N5O27. The number of nitrogens with two attached hydrogens (primary N) is 1. The minimum atomic E-state index is -1.98. The fourth-order valence-corrected chi connectivity index (χ4v) is 8.40. The lowest BCUT2D eigenvalue weighted by atomic mass is 9.96. The monoisotopic (exact) mass is 1260 g/mol. The molecule has 0 saturated carbocycles. The van der Waals surface area contributed by atoms with Crippen LogP contribution in [-0.2, 0) is 89.5 Å². The summed E-state index contributed by atoms with van der Waals surface area (Å²) in [5, 5.41) is 80.9. The average Bonchev–Trinajstić information content (AvgIpc) is 3.07. The van der Waals surface area contributed by atoms with Crippen LogP contribution in [0, 0.1) is 5.92 Å². The minimum Gasteiger partial charge on any atom is -0.479 e. The minimum absolute atomic E-state index is 0.0106. The number of hydrogen-bond acceptors (Lipinski definition) is 27. The van der Waals surface area contributed by atoms with Crippen molar-refractivity contribution in [3.63, 3.8) is 0 Å². The summed E-state index contributed by atoms with van der Waals surface area (Å²) in [5.41, 5.74) is 0.761. The number of ether oxygens (including phenoxy) is 10. The van der Waals surface area contributed by atoms with Crippen LogP contribution in [0.15, 0.2) is 36.4 Å². The zero-order valence-corrected chi connectivity index (χ0v) is 49.0. The molecule has 2 aliphatic heterocycles. The summed E-state index contributed by atoms with van der Waals surface area (Å²) in [6.45, 7) is 2.91. The summed E-state index contributed by atoms with van der Waals surface area (Å²) < 4.78 is 53.9. The van der Waals surface area contributed by atoms with Crippen molar-refractivity contribution >= 4 is 53.1 Å². The Morgan fingerprint density at radius 3 is 1.84 bits per heavy atom. The smallest absolute Gasteiger partial charge is 0.335 e. The molecule has 32 heteroatoms. The molecule has 4 rings (SSSR count). The third-order valence-electron chi connectivity index (χ3n) is 13.1. The highest BCUT2D eigenvalue weighted by Crippen LogP contribution is 2.30. The summed E-state index contributed by atoms with van der Waals surface area (Å²) in [5.74, 6) is -1.75.